The van der Waals surface area contributed by atoms with Gasteiger partial charge in [-0.15, -0.1) is 0 Å². The van der Waals surface area contributed by atoms with Gasteiger partial charge in [-0.3, -0.25) is 0 Å². The maximum Gasteiger partial charge on any atom is 0.323 e. The number of benzene rings is 1. The highest BCUT2D eigenvalue weighted by Gasteiger charge is 2.07. The average Bonchev–Trinajstić information content (AvgIpc) is 2.42. The van der Waals surface area contributed by atoms with E-state index in [9.17, 15) is 4.79 Å². The average molecular weight is 279 g/mol. The topological polar surface area (TPSA) is 41.1 Å². The third-order valence-corrected chi connectivity index (χ3v) is 3.59. The van der Waals surface area contributed by atoms with Crippen LogP contribution in [-0.4, -0.2) is 6.03 Å². The molecule has 1 aliphatic carbocycles. The number of carbonyl (C=O) groups is 1. The minimum absolute atomic E-state index is 0.219. The maximum absolute atomic E-state index is 11.8. The summed E-state index contributed by atoms with van der Waals surface area (Å²) >= 11 is 5.92. The maximum atomic E-state index is 11.8. The number of halogens is 1. The molecule has 2 N–H and O–H groups in total. The lowest BCUT2D eigenvalue weighted by Crippen LogP contribution is -2.25. The molecule has 1 aromatic carbocycles. The number of allylic oxidation sites excluding steroid dienone is 1. The predicted molar refractivity (Wildman–Crippen MR) is 79.5 cm³/mol. The van der Waals surface area contributed by atoms with Gasteiger partial charge < -0.3 is 10.6 Å². The molecule has 2 amide bonds. The van der Waals surface area contributed by atoms with Gasteiger partial charge in [0.25, 0.3) is 0 Å². The molecule has 1 fully saturated rings. The molecule has 0 aromatic heterocycles. The van der Waals surface area contributed by atoms with Crippen molar-refractivity contribution in [3.63, 3.8) is 0 Å². The fourth-order valence-corrected chi connectivity index (χ4v) is 2.38. The highest BCUT2D eigenvalue weighted by Crippen LogP contribution is 2.22. The van der Waals surface area contributed by atoms with Crippen molar-refractivity contribution in [1.29, 1.82) is 0 Å². The van der Waals surface area contributed by atoms with E-state index in [-0.39, 0.29) is 6.03 Å². The molecule has 0 atom stereocenters. The first kappa shape index (κ1) is 13.9. The zero-order valence-electron chi connectivity index (χ0n) is 11.1. The van der Waals surface area contributed by atoms with Gasteiger partial charge in [-0.25, -0.2) is 4.79 Å². The summed E-state index contributed by atoms with van der Waals surface area (Å²) in [6.07, 6.45) is 7.78. The van der Waals surface area contributed by atoms with E-state index in [1.807, 2.05) is 25.3 Å². The van der Waals surface area contributed by atoms with Crippen LogP contribution in [0.1, 0.15) is 37.7 Å². The number of anilines is 1. The molecule has 0 heterocycles. The summed E-state index contributed by atoms with van der Waals surface area (Å²) in [7, 11) is 0. The lowest BCUT2D eigenvalue weighted by atomic mass is 9.96. The Kier molecular flexibility index (Phi) is 4.86. The van der Waals surface area contributed by atoms with E-state index in [1.165, 1.54) is 24.8 Å². The van der Waals surface area contributed by atoms with E-state index in [0.717, 1.165) is 24.1 Å². The smallest absolute Gasteiger partial charge is 0.314 e. The van der Waals surface area contributed by atoms with Crippen LogP contribution in [0.2, 0.25) is 5.02 Å². The summed E-state index contributed by atoms with van der Waals surface area (Å²) in [5, 5.41) is 6.22. The van der Waals surface area contributed by atoms with Crippen LogP contribution < -0.4 is 10.6 Å². The standard InChI is InChI=1S/C15H19ClN2O/c1-11-7-8-13(16)9-14(11)18-15(19)17-10-12-5-3-2-4-6-12/h7-10H,2-6H2,1H3,(H2,17,18,19). The Labute approximate surface area is 119 Å². The lowest BCUT2D eigenvalue weighted by Gasteiger charge is -2.14. The number of nitrogens with one attached hydrogen (secondary N) is 2. The fourth-order valence-electron chi connectivity index (χ4n) is 2.21. The number of rotatable bonds is 2. The van der Waals surface area contributed by atoms with Crippen molar-refractivity contribution in [3.8, 4) is 0 Å². The van der Waals surface area contributed by atoms with Crippen LogP contribution in [0.3, 0.4) is 0 Å². The predicted octanol–water partition coefficient (Wildman–Crippen LogP) is 4.62. The highest BCUT2D eigenvalue weighted by atomic mass is 35.5. The zero-order valence-corrected chi connectivity index (χ0v) is 11.9. The van der Waals surface area contributed by atoms with E-state index < -0.39 is 0 Å². The van der Waals surface area contributed by atoms with Crippen molar-refractivity contribution in [2.75, 3.05) is 5.32 Å². The van der Waals surface area contributed by atoms with Gasteiger partial charge in [0, 0.05) is 16.9 Å². The Morgan fingerprint density at radius 3 is 2.74 bits per heavy atom. The Morgan fingerprint density at radius 1 is 1.26 bits per heavy atom. The minimum atomic E-state index is -0.219. The van der Waals surface area contributed by atoms with Gasteiger partial charge in [-0.1, -0.05) is 29.7 Å². The molecule has 19 heavy (non-hydrogen) atoms. The fraction of sp³-hybridized carbons (Fsp3) is 0.400. The normalized spacial score (nSPS) is 14.9. The monoisotopic (exact) mass is 278 g/mol. The van der Waals surface area contributed by atoms with E-state index in [1.54, 1.807) is 6.07 Å². The summed E-state index contributed by atoms with van der Waals surface area (Å²) in [6.45, 7) is 1.94. The molecular weight excluding hydrogens is 260 g/mol. The first-order valence-electron chi connectivity index (χ1n) is 6.67. The largest absolute Gasteiger partial charge is 0.323 e. The molecule has 0 spiro atoms. The number of hydrogen-bond acceptors (Lipinski definition) is 1. The molecule has 2 rings (SSSR count). The summed E-state index contributed by atoms with van der Waals surface area (Å²) in [5.74, 6) is 0. The van der Waals surface area contributed by atoms with Crippen LogP contribution in [-0.2, 0) is 0 Å². The molecule has 1 aromatic rings. The molecule has 0 bridgehead atoms. The van der Waals surface area contributed by atoms with Gasteiger partial charge in [-0.2, -0.15) is 0 Å². The SMILES string of the molecule is Cc1ccc(Cl)cc1NC(=O)NC=C1CCCCC1. The van der Waals surface area contributed by atoms with Crippen LogP contribution in [0.25, 0.3) is 0 Å². The molecule has 0 saturated heterocycles. The molecule has 1 saturated carbocycles. The molecule has 0 unspecified atom stereocenters. The summed E-state index contributed by atoms with van der Waals surface area (Å²) in [5.41, 5.74) is 3.06. The second kappa shape index (κ2) is 6.62. The molecule has 3 nitrogen and oxygen atoms in total. The van der Waals surface area contributed by atoms with Gasteiger partial charge in [-0.05, 0) is 50.3 Å². The Bertz CT molecular complexity index is 489. The summed E-state index contributed by atoms with van der Waals surface area (Å²) in [6, 6.07) is 5.23. The van der Waals surface area contributed by atoms with Crippen LogP contribution >= 0.6 is 11.6 Å². The Hall–Kier alpha value is -1.48. The van der Waals surface area contributed by atoms with Gasteiger partial charge in [0.15, 0.2) is 0 Å². The lowest BCUT2D eigenvalue weighted by molar-refractivity contribution is 0.255. The van der Waals surface area contributed by atoms with E-state index in [0.29, 0.717) is 5.02 Å². The van der Waals surface area contributed by atoms with Crippen molar-refractivity contribution in [2.45, 2.75) is 39.0 Å². The Morgan fingerprint density at radius 2 is 2.00 bits per heavy atom. The third-order valence-electron chi connectivity index (χ3n) is 3.35. The van der Waals surface area contributed by atoms with Crippen molar-refractivity contribution in [1.82, 2.24) is 5.32 Å². The van der Waals surface area contributed by atoms with Crippen molar-refractivity contribution in [2.24, 2.45) is 0 Å². The second-order valence-corrected chi connectivity index (χ2v) is 5.36. The van der Waals surface area contributed by atoms with Crippen LogP contribution in [0.4, 0.5) is 10.5 Å². The van der Waals surface area contributed by atoms with Gasteiger partial charge in [0.1, 0.15) is 0 Å². The zero-order chi connectivity index (χ0) is 13.7. The van der Waals surface area contributed by atoms with Crippen LogP contribution in [0, 0.1) is 6.92 Å². The number of carbonyl (C=O) groups excluding carboxylic acids is 1. The number of hydrogen-bond donors (Lipinski definition) is 2. The van der Waals surface area contributed by atoms with Gasteiger partial charge in [0.05, 0.1) is 0 Å². The number of amides is 2. The van der Waals surface area contributed by atoms with Crippen molar-refractivity contribution in [3.05, 3.63) is 40.6 Å². The molecule has 0 radical (unpaired) electrons. The van der Waals surface area contributed by atoms with Crippen LogP contribution in [0.15, 0.2) is 30.0 Å². The molecule has 0 aliphatic heterocycles. The van der Waals surface area contributed by atoms with Gasteiger partial charge >= 0.3 is 6.03 Å². The minimum Gasteiger partial charge on any atom is -0.314 e. The summed E-state index contributed by atoms with van der Waals surface area (Å²) < 4.78 is 0. The van der Waals surface area contributed by atoms with E-state index >= 15 is 0 Å². The van der Waals surface area contributed by atoms with Crippen molar-refractivity contribution >= 4 is 23.3 Å². The van der Waals surface area contributed by atoms with E-state index in [2.05, 4.69) is 10.6 Å². The first-order chi connectivity index (χ1) is 9.15. The Balaban J connectivity index is 1.92. The number of urea groups is 1. The summed E-state index contributed by atoms with van der Waals surface area (Å²) in [4.78, 5) is 11.8. The molecule has 102 valence electrons. The third kappa shape index (κ3) is 4.28. The molecule has 4 heteroatoms. The van der Waals surface area contributed by atoms with Crippen LogP contribution in [0.5, 0.6) is 0 Å². The quantitative estimate of drug-likeness (QED) is 0.814. The first-order valence-corrected chi connectivity index (χ1v) is 7.04. The molecule has 1 aliphatic rings. The second-order valence-electron chi connectivity index (χ2n) is 4.92. The van der Waals surface area contributed by atoms with E-state index in [4.69, 9.17) is 11.6 Å². The highest BCUT2D eigenvalue weighted by molar-refractivity contribution is 6.31. The number of aryl methyl sites for hydroxylation is 1. The molecular formula is C15H19ClN2O. The van der Waals surface area contributed by atoms with Crippen molar-refractivity contribution < 1.29 is 4.79 Å². The van der Waals surface area contributed by atoms with Gasteiger partial charge in [0.2, 0.25) is 0 Å².